The van der Waals surface area contributed by atoms with Gasteiger partial charge in [-0.2, -0.15) is 0 Å². The SMILES string of the molecule is Cc1c(C=Nc2sc3c(c2C(=O)Nc2ccc(Cl)cc2)CC[C@H](C(C)(C)C)C3)c2ccccc2n1C. The first-order chi connectivity index (χ1) is 17.1. The Balaban J connectivity index is 1.56. The minimum absolute atomic E-state index is 0.106. The van der Waals surface area contributed by atoms with Gasteiger partial charge in [0.25, 0.3) is 5.91 Å². The van der Waals surface area contributed by atoms with E-state index in [4.69, 9.17) is 16.6 Å². The van der Waals surface area contributed by atoms with E-state index < -0.39 is 0 Å². The molecule has 0 saturated carbocycles. The van der Waals surface area contributed by atoms with Gasteiger partial charge in [0, 0.05) is 51.0 Å². The second-order valence-corrected chi connectivity index (χ2v) is 12.3. The molecule has 0 radical (unpaired) electrons. The zero-order chi connectivity index (χ0) is 25.6. The molecule has 36 heavy (non-hydrogen) atoms. The number of aromatic nitrogens is 1. The fourth-order valence-corrected chi connectivity index (χ4v) is 6.59. The largest absolute Gasteiger partial charge is 0.347 e. The number of amides is 1. The van der Waals surface area contributed by atoms with E-state index in [2.05, 4.69) is 68.9 Å². The van der Waals surface area contributed by atoms with Gasteiger partial charge in [-0.25, -0.2) is 4.99 Å². The quantitative estimate of drug-likeness (QED) is 0.271. The number of hydrogen-bond donors (Lipinski definition) is 1. The van der Waals surface area contributed by atoms with E-state index in [1.54, 1.807) is 23.5 Å². The number of carbonyl (C=O) groups is 1. The predicted molar refractivity (Wildman–Crippen MR) is 154 cm³/mol. The third-order valence-corrected chi connectivity index (χ3v) is 8.97. The smallest absolute Gasteiger partial charge is 0.259 e. The molecule has 4 aromatic rings. The average Bonchev–Trinajstić information content (AvgIpc) is 3.33. The topological polar surface area (TPSA) is 46.4 Å². The number of benzene rings is 2. The highest BCUT2D eigenvalue weighted by molar-refractivity contribution is 7.16. The fourth-order valence-electron chi connectivity index (χ4n) is 5.20. The summed E-state index contributed by atoms with van der Waals surface area (Å²) in [5.74, 6) is 0.485. The summed E-state index contributed by atoms with van der Waals surface area (Å²) in [7, 11) is 2.08. The van der Waals surface area contributed by atoms with E-state index in [0.717, 1.165) is 46.8 Å². The van der Waals surface area contributed by atoms with Gasteiger partial charge in [-0.3, -0.25) is 4.79 Å². The number of anilines is 1. The van der Waals surface area contributed by atoms with E-state index in [0.29, 0.717) is 16.5 Å². The molecule has 1 aliphatic rings. The highest BCUT2D eigenvalue weighted by atomic mass is 35.5. The van der Waals surface area contributed by atoms with Gasteiger partial charge in [-0.15, -0.1) is 11.3 Å². The molecule has 2 heterocycles. The number of nitrogens with one attached hydrogen (secondary N) is 1. The van der Waals surface area contributed by atoms with E-state index in [1.807, 2.05) is 18.3 Å². The summed E-state index contributed by atoms with van der Waals surface area (Å²) in [6, 6.07) is 15.6. The minimum Gasteiger partial charge on any atom is -0.347 e. The van der Waals surface area contributed by atoms with Crippen molar-refractivity contribution >= 4 is 56.7 Å². The number of fused-ring (bicyclic) bond motifs is 2. The highest BCUT2D eigenvalue weighted by Crippen LogP contribution is 2.45. The summed E-state index contributed by atoms with van der Waals surface area (Å²) in [4.78, 5) is 19.9. The van der Waals surface area contributed by atoms with E-state index in [-0.39, 0.29) is 11.3 Å². The monoisotopic (exact) mass is 517 g/mol. The predicted octanol–water partition coefficient (Wildman–Crippen LogP) is 8.36. The van der Waals surface area contributed by atoms with Crippen molar-refractivity contribution < 1.29 is 4.79 Å². The van der Waals surface area contributed by atoms with Crippen LogP contribution in [-0.4, -0.2) is 16.7 Å². The number of halogens is 1. The summed E-state index contributed by atoms with van der Waals surface area (Å²) in [6.07, 6.45) is 4.92. The van der Waals surface area contributed by atoms with Crippen molar-refractivity contribution in [3.8, 4) is 0 Å². The van der Waals surface area contributed by atoms with Gasteiger partial charge in [0.1, 0.15) is 5.00 Å². The number of nitrogens with zero attached hydrogens (tertiary/aromatic N) is 2. The molecule has 2 aromatic heterocycles. The number of rotatable bonds is 4. The lowest BCUT2D eigenvalue weighted by Gasteiger charge is -2.33. The van der Waals surface area contributed by atoms with E-state index >= 15 is 0 Å². The molecular weight excluding hydrogens is 486 g/mol. The lowest BCUT2D eigenvalue weighted by atomic mass is 9.72. The van der Waals surface area contributed by atoms with Crippen molar-refractivity contribution in [2.24, 2.45) is 23.4 Å². The first kappa shape index (κ1) is 24.8. The van der Waals surface area contributed by atoms with Crippen molar-refractivity contribution in [2.75, 3.05) is 5.32 Å². The molecule has 0 unspecified atom stereocenters. The fraction of sp³-hybridized carbons (Fsp3) is 0.333. The van der Waals surface area contributed by atoms with Crippen LogP contribution < -0.4 is 5.32 Å². The van der Waals surface area contributed by atoms with Crippen LogP contribution >= 0.6 is 22.9 Å². The van der Waals surface area contributed by atoms with Crippen LogP contribution in [0.1, 0.15) is 59.2 Å². The normalized spacial score (nSPS) is 16.0. The Morgan fingerprint density at radius 3 is 2.61 bits per heavy atom. The Labute approximate surface area is 222 Å². The second-order valence-electron chi connectivity index (χ2n) is 10.8. The maximum atomic E-state index is 13.6. The third kappa shape index (κ3) is 4.62. The summed E-state index contributed by atoms with van der Waals surface area (Å²) >= 11 is 7.72. The molecule has 0 aliphatic heterocycles. The molecule has 0 spiro atoms. The van der Waals surface area contributed by atoms with Gasteiger partial charge in [0.15, 0.2) is 0 Å². The summed E-state index contributed by atoms with van der Waals surface area (Å²) in [6.45, 7) is 9.05. The lowest BCUT2D eigenvalue weighted by Crippen LogP contribution is -2.27. The van der Waals surface area contributed by atoms with Crippen LogP contribution in [0.5, 0.6) is 0 Å². The molecule has 2 aromatic carbocycles. The molecule has 4 nitrogen and oxygen atoms in total. The Morgan fingerprint density at radius 1 is 1.17 bits per heavy atom. The van der Waals surface area contributed by atoms with Gasteiger partial charge < -0.3 is 9.88 Å². The van der Waals surface area contributed by atoms with Crippen LogP contribution in [0.15, 0.2) is 53.5 Å². The lowest BCUT2D eigenvalue weighted by molar-refractivity contribution is 0.102. The van der Waals surface area contributed by atoms with Crippen molar-refractivity contribution in [2.45, 2.75) is 47.0 Å². The van der Waals surface area contributed by atoms with Crippen LogP contribution in [0, 0.1) is 18.3 Å². The zero-order valence-corrected chi connectivity index (χ0v) is 23.1. The number of aryl methyl sites for hydroxylation is 1. The molecule has 6 heteroatoms. The Morgan fingerprint density at radius 2 is 1.89 bits per heavy atom. The van der Waals surface area contributed by atoms with Crippen LogP contribution in [0.25, 0.3) is 10.9 Å². The number of thiophene rings is 1. The van der Waals surface area contributed by atoms with Gasteiger partial charge in [0.2, 0.25) is 0 Å². The number of carbonyl (C=O) groups excluding carboxylic acids is 1. The second kappa shape index (κ2) is 9.53. The molecule has 0 bridgehead atoms. The summed E-state index contributed by atoms with van der Waals surface area (Å²) in [5, 5.41) is 5.68. The Kier molecular flexibility index (Phi) is 6.56. The zero-order valence-electron chi connectivity index (χ0n) is 21.5. The molecule has 1 N–H and O–H groups in total. The maximum absolute atomic E-state index is 13.6. The van der Waals surface area contributed by atoms with Crippen molar-refractivity contribution in [1.82, 2.24) is 4.57 Å². The van der Waals surface area contributed by atoms with Gasteiger partial charge in [0.05, 0.1) is 5.56 Å². The van der Waals surface area contributed by atoms with Crippen LogP contribution in [0.3, 0.4) is 0 Å². The van der Waals surface area contributed by atoms with Crippen molar-refractivity contribution in [3.63, 3.8) is 0 Å². The molecule has 186 valence electrons. The summed E-state index contributed by atoms with van der Waals surface area (Å²) in [5.41, 5.74) is 6.26. The average molecular weight is 518 g/mol. The maximum Gasteiger partial charge on any atom is 0.259 e. The molecule has 0 saturated heterocycles. The first-order valence-corrected chi connectivity index (χ1v) is 13.6. The van der Waals surface area contributed by atoms with Crippen LogP contribution in [-0.2, 0) is 19.9 Å². The third-order valence-electron chi connectivity index (χ3n) is 7.56. The van der Waals surface area contributed by atoms with Gasteiger partial charge >= 0.3 is 0 Å². The van der Waals surface area contributed by atoms with Gasteiger partial charge in [-0.1, -0.05) is 50.6 Å². The number of hydrogen-bond acceptors (Lipinski definition) is 3. The molecule has 1 amide bonds. The molecule has 5 rings (SSSR count). The number of aliphatic imine (C=N–C) groups is 1. The summed E-state index contributed by atoms with van der Waals surface area (Å²) < 4.78 is 2.19. The van der Waals surface area contributed by atoms with E-state index in [1.165, 1.54) is 15.8 Å². The molecule has 1 atom stereocenters. The van der Waals surface area contributed by atoms with Crippen LogP contribution in [0.4, 0.5) is 10.7 Å². The minimum atomic E-state index is -0.106. The Hall–Kier alpha value is -2.89. The molecule has 1 aliphatic carbocycles. The van der Waals surface area contributed by atoms with Gasteiger partial charge in [-0.05, 0) is 73.4 Å². The molecular formula is C30H32ClN3OS. The molecule has 0 fully saturated rings. The number of para-hydroxylation sites is 1. The Bertz CT molecular complexity index is 1470. The standard InChI is InChI=1S/C30H32ClN3OS/c1-18-24(22-8-6-7-9-25(22)34(18)5)17-32-29-27(28(35)33-21-13-11-20(31)12-14-21)23-15-10-19(30(2,3)4)16-26(23)36-29/h6-9,11-14,17,19H,10,15-16H2,1-5H3,(H,33,35)/t19-/m0/s1. The first-order valence-electron chi connectivity index (χ1n) is 12.4. The highest BCUT2D eigenvalue weighted by Gasteiger charge is 2.33. The van der Waals surface area contributed by atoms with Crippen molar-refractivity contribution in [3.05, 3.63) is 80.8 Å². The van der Waals surface area contributed by atoms with E-state index in [9.17, 15) is 4.79 Å². The van der Waals surface area contributed by atoms with Crippen LogP contribution in [0.2, 0.25) is 5.02 Å². The van der Waals surface area contributed by atoms with Crippen molar-refractivity contribution in [1.29, 1.82) is 0 Å².